The molecule has 0 fully saturated rings. The van der Waals surface area contributed by atoms with Crippen LogP contribution in [-0.4, -0.2) is 50.9 Å². The van der Waals surface area contributed by atoms with Crippen molar-refractivity contribution < 1.29 is 28.8 Å². The fourth-order valence-electron chi connectivity index (χ4n) is 2.23. The first-order chi connectivity index (χ1) is 10.1. The Kier molecular flexibility index (Phi) is 9.76. The third-order valence-electron chi connectivity index (χ3n) is 2.89. The van der Waals surface area contributed by atoms with Gasteiger partial charge in [-0.15, -0.1) is 0 Å². The van der Waals surface area contributed by atoms with Crippen molar-refractivity contribution >= 4 is 50.9 Å². The Labute approximate surface area is 135 Å². The average Bonchev–Trinajstić information content (AvgIpc) is 2.23. The molecule has 0 bridgehead atoms. The predicted molar refractivity (Wildman–Crippen MR) is 81.1 cm³/mol. The first-order valence-electron chi connectivity index (χ1n) is 7.13. The van der Waals surface area contributed by atoms with E-state index in [1.54, 1.807) is 0 Å². The summed E-state index contributed by atoms with van der Waals surface area (Å²) >= 11 is -2.62. The molecule has 0 atom stereocenters. The molecule has 0 saturated heterocycles. The second-order valence-electron chi connectivity index (χ2n) is 5.73. The van der Waals surface area contributed by atoms with Crippen molar-refractivity contribution in [1.29, 1.82) is 0 Å². The molecule has 0 saturated carbocycles. The molecule has 0 heterocycles. The van der Waals surface area contributed by atoms with Crippen LogP contribution in [-0.2, 0) is 28.8 Å². The van der Waals surface area contributed by atoms with Crippen molar-refractivity contribution in [2.24, 2.45) is 0 Å². The molecule has 0 aromatic rings. The zero-order valence-electron chi connectivity index (χ0n) is 13.3. The molecule has 6 nitrogen and oxygen atoms in total. The van der Waals surface area contributed by atoms with Crippen molar-refractivity contribution in [2.45, 2.75) is 55.0 Å². The van der Waals surface area contributed by atoms with E-state index >= 15 is 0 Å². The van der Waals surface area contributed by atoms with Crippen LogP contribution in [0, 0.1) is 0 Å². The quantitative estimate of drug-likeness (QED) is 0.379. The van der Waals surface area contributed by atoms with Gasteiger partial charge in [-0.1, -0.05) is 0 Å². The number of rotatable bonds is 12. The van der Waals surface area contributed by atoms with Crippen LogP contribution < -0.4 is 0 Å². The van der Waals surface area contributed by atoms with Gasteiger partial charge in [-0.05, 0) is 0 Å². The maximum atomic E-state index is 11.7. The molecule has 0 aliphatic heterocycles. The summed E-state index contributed by atoms with van der Waals surface area (Å²) < 4.78 is 0. The Balaban J connectivity index is 4.74. The van der Waals surface area contributed by atoms with Crippen molar-refractivity contribution in [3.05, 3.63) is 0 Å². The third kappa shape index (κ3) is 11.3. The Morgan fingerprint density at radius 1 is 0.545 bits per heavy atom. The molecule has 0 aromatic carbocycles. The van der Waals surface area contributed by atoms with Crippen molar-refractivity contribution in [3.63, 3.8) is 0 Å². The zero-order valence-corrected chi connectivity index (χ0v) is 15.7. The molecular formula is C15H21GaO6. The van der Waals surface area contributed by atoms with Crippen molar-refractivity contribution in [2.75, 3.05) is 0 Å². The standard InChI is InChI=1S/3C5H7O2.Ga/c3*1-4(6)3-5(2)7;/h3*1,3H2,2H3;. The van der Waals surface area contributed by atoms with Gasteiger partial charge in [0.15, 0.2) is 0 Å². The van der Waals surface area contributed by atoms with Gasteiger partial charge in [0, 0.05) is 0 Å². The van der Waals surface area contributed by atoms with E-state index in [9.17, 15) is 28.8 Å². The van der Waals surface area contributed by atoms with Crippen LogP contribution in [0.2, 0.25) is 14.9 Å². The van der Waals surface area contributed by atoms with Crippen LogP contribution in [0.5, 0.6) is 0 Å². The summed E-state index contributed by atoms with van der Waals surface area (Å²) in [5, 5.41) is 0. The van der Waals surface area contributed by atoms with Crippen molar-refractivity contribution in [1.82, 2.24) is 0 Å². The summed E-state index contributed by atoms with van der Waals surface area (Å²) in [7, 11) is 0. The van der Waals surface area contributed by atoms with E-state index in [2.05, 4.69) is 0 Å². The number of carbonyl (C=O) groups is 6. The fraction of sp³-hybridized carbons (Fsp3) is 0.600. The Morgan fingerprint density at radius 2 is 0.773 bits per heavy atom. The Hall–Kier alpha value is -1.34. The summed E-state index contributed by atoms with van der Waals surface area (Å²) in [5.74, 6) is -1.54. The molecule has 22 heavy (non-hydrogen) atoms. The zero-order chi connectivity index (χ0) is 17.3. The van der Waals surface area contributed by atoms with Crippen LogP contribution in [0.1, 0.15) is 40.0 Å². The van der Waals surface area contributed by atoms with Gasteiger partial charge >= 0.3 is 135 Å². The van der Waals surface area contributed by atoms with Crippen LogP contribution in [0.15, 0.2) is 0 Å². The van der Waals surface area contributed by atoms with Crippen LogP contribution in [0.3, 0.4) is 0 Å². The molecule has 0 amide bonds. The minimum absolute atomic E-state index is 0.111. The van der Waals surface area contributed by atoms with Gasteiger partial charge in [0.2, 0.25) is 0 Å². The van der Waals surface area contributed by atoms with E-state index in [0.29, 0.717) is 0 Å². The van der Waals surface area contributed by atoms with Crippen LogP contribution in [0.25, 0.3) is 0 Å². The Bertz CT molecular complexity index is 423. The molecule has 120 valence electrons. The predicted octanol–water partition coefficient (Wildman–Crippen LogP) is 1.13. The van der Waals surface area contributed by atoms with Crippen LogP contribution >= 0.6 is 0 Å². The number of Topliss-reactive ketones (excluding diaryl/α,β-unsaturated/α-hetero) is 6. The Morgan fingerprint density at radius 3 is 0.955 bits per heavy atom. The topological polar surface area (TPSA) is 102 Å². The molecule has 0 aliphatic carbocycles. The van der Waals surface area contributed by atoms with Gasteiger partial charge in [-0.25, -0.2) is 0 Å². The molecule has 7 heteroatoms. The summed E-state index contributed by atoms with van der Waals surface area (Å²) in [6.45, 7) is 3.92. The number of hydrogen-bond donors (Lipinski definition) is 0. The first kappa shape index (κ1) is 20.7. The van der Waals surface area contributed by atoms with E-state index in [0.717, 1.165) is 0 Å². The molecule has 0 N–H and O–H groups in total. The van der Waals surface area contributed by atoms with Gasteiger partial charge in [0.05, 0.1) is 0 Å². The van der Waals surface area contributed by atoms with Crippen molar-refractivity contribution in [3.8, 4) is 0 Å². The monoisotopic (exact) mass is 366 g/mol. The van der Waals surface area contributed by atoms with Gasteiger partial charge in [-0.3, -0.25) is 0 Å². The van der Waals surface area contributed by atoms with Gasteiger partial charge in [0.1, 0.15) is 0 Å². The molecule has 0 aromatic heterocycles. The average molecular weight is 367 g/mol. The number of ketones is 6. The van der Waals surface area contributed by atoms with Gasteiger partial charge in [-0.2, -0.15) is 0 Å². The molecule has 0 unspecified atom stereocenters. The fourth-order valence-corrected chi connectivity index (χ4v) is 8.10. The molecular weight excluding hydrogens is 346 g/mol. The number of hydrogen-bond acceptors (Lipinski definition) is 6. The van der Waals surface area contributed by atoms with E-state index in [-0.39, 0.29) is 68.9 Å². The second kappa shape index (κ2) is 10.4. The summed E-state index contributed by atoms with van der Waals surface area (Å²) in [5.41, 5.74) is 0. The van der Waals surface area contributed by atoms with E-state index < -0.39 is 16.2 Å². The maximum absolute atomic E-state index is 11.7. The van der Waals surface area contributed by atoms with E-state index in [4.69, 9.17) is 0 Å². The van der Waals surface area contributed by atoms with Gasteiger partial charge in [0.25, 0.3) is 0 Å². The van der Waals surface area contributed by atoms with E-state index in [1.807, 2.05) is 0 Å². The molecule has 0 spiro atoms. The third-order valence-corrected chi connectivity index (χ3v) is 9.39. The normalized spacial score (nSPS) is 9.95. The van der Waals surface area contributed by atoms with Gasteiger partial charge < -0.3 is 0 Å². The first-order valence-corrected chi connectivity index (χ1v) is 12.3. The summed E-state index contributed by atoms with van der Waals surface area (Å²) in [6, 6.07) is 0. The van der Waals surface area contributed by atoms with E-state index in [1.165, 1.54) is 20.8 Å². The number of carbonyl (C=O) groups excluding carboxylic acids is 6. The SMILES string of the molecule is CC(=O)CC(=O)[CH2][Ga]([CH2]C(=O)CC(C)=O)[CH2]C(=O)CC(C)=O. The molecule has 0 radical (unpaired) electrons. The molecule has 0 aliphatic rings. The molecule has 0 rings (SSSR count). The van der Waals surface area contributed by atoms with Crippen LogP contribution in [0.4, 0.5) is 0 Å². The second-order valence-corrected chi connectivity index (χ2v) is 11.9. The summed E-state index contributed by atoms with van der Waals surface area (Å²) in [6.07, 6.45) is -0.573. The minimum atomic E-state index is -2.62. The summed E-state index contributed by atoms with van der Waals surface area (Å²) in [4.78, 5) is 68.4.